The minimum Gasteiger partial charge on any atom is -0.388 e. The molecule has 0 spiro atoms. The summed E-state index contributed by atoms with van der Waals surface area (Å²) in [5, 5.41) is 0. The summed E-state index contributed by atoms with van der Waals surface area (Å²) in [5.74, 6) is -2.21. The summed E-state index contributed by atoms with van der Waals surface area (Å²) in [6.45, 7) is -0.657. The summed E-state index contributed by atoms with van der Waals surface area (Å²) >= 11 is 0. The Morgan fingerprint density at radius 2 is 1.72 bits per heavy atom. The molecule has 0 aliphatic rings. The molecule has 0 radical (unpaired) electrons. The molecule has 10 heteroatoms. The second kappa shape index (κ2) is 4.52. The van der Waals surface area contributed by atoms with E-state index in [1.54, 1.807) is 0 Å². The van der Waals surface area contributed by atoms with Gasteiger partial charge in [-0.1, -0.05) is 0 Å². The van der Waals surface area contributed by atoms with Gasteiger partial charge in [-0.3, -0.25) is 0 Å². The third-order valence-electron chi connectivity index (χ3n) is 1.83. The van der Waals surface area contributed by atoms with Crippen molar-refractivity contribution in [3.05, 3.63) is 17.2 Å². The molecule has 1 aromatic rings. The van der Waals surface area contributed by atoms with Gasteiger partial charge >= 0.3 is 12.5 Å². The van der Waals surface area contributed by atoms with E-state index in [4.69, 9.17) is 11.5 Å². The molecule has 0 amide bonds. The van der Waals surface area contributed by atoms with E-state index in [-0.39, 0.29) is 0 Å². The fourth-order valence-corrected chi connectivity index (χ4v) is 1.25. The molecule has 4 nitrogen and oxygen atoms in total. The molecule has 0 aliphatic heterocycles. The van der Waals surface area contributed by atoms with Gasteiger partial charge in [-0.05, 0) is 5.56 Å². The van der Waals surface area contributed by atoms with Crippen LogP contribution in [0.15, 0.2) is 6.07 Å². The number of halogens is 6. The summed E-state index contributed by atoms with van der Waals surface area (Å²) in [6.07, 6.45) is -9.94. The number of anilines is 1. The number of hydrogen-bond donors (Lipinski definition) is 2. The molecule has 1 aromatic heterocycles. The lowest BCUT2D eigenvalue weighted by Gasteiger charge is -2.16. The fourth-order valence-electron chi connectivity index (χ4n) is 1.25. The average Bonchev–Trinajstić information content (AvgIpc) is 2.11. The quantitative estimate of drug-likeness (QED) is 0.810. The van der Waals surface area contributed by atoms with Crippen molar-refractivity contribution in [3.8, 4) is 5.88 Å². The average molecular weight is 275 g/mol. The number of nitrogens with two attached hydrogens (primary N) is 2. The fraction of sp³-hybridized carbons (Fsp3) is 0.375. The van der Waals surface area contributed by atoms with Crippen LogP contribution in [-0.4, -0.2) is 11.3 Å². The van der Waals surface area contributed by atoms with Crippen LogP contribution in [0.25, 0.3) is 0 Å². The molecule has 0 saturated carbocycles. The Bertz CT molecular complexity index is 442. The Kier molecular flexibility index (Phi) is 3.60. The minimum atomic E-state index is -5.08. The molecule has 0 aromatic carbocycles. The van der Waals surface area contributed by atoms with E-state index in [1.807, 2.05) is 0 Å². The normalized spacial score (nSPS) is 12.6. The maximum Gasteiger partial charge on any atom is 0.574 e. The number of aromatic nitrogens is 1. The van der Waals surface area contributed by atoms with E-state index in [0.29, 0.717) is 6.07 Å². The minimum absolute atomic E-state index is 0.451. The molecule has 1 rings (SSSR count). The Morgan fingerprint density at radius 3 is 2.11 bits per heavy atom. The second-order valence-corrected chi connectivity index (χ2v) is 3.13. The van der Waals surface area contributed by atoms with Crippen molar-refractivity contribution in [2.45, 2.75) is 19.1 Å². The van der Waals surface area contributed by atoms with Gasteiger partial charge in [0.2, 0.25) is 5.88 Å². The van der Waals surface area contributed by atoms with E-state index >= 15 is 0 Å². The van der Waals surface area contributed by atoms with E-state index < -0.39 is 41.9 Å². The molecule has 1 heterocycles. The van der Waals surface area contributed by atoms with Crippen LogP contribution in [0.4, 0.5) is 32.2 Å². The van der Waals surface area contributed by atoms with Crippen LogP contribution < -0.4 is 16.2 Å². The van der Waals surface area contributed by atoms with Crippen LogP contribution in [0.1, 0.15) is 11.1 Å². The Balaban J connectivity index is 3.28. The molecule has 0 unspecified atom stereocenters. The van der Waals surface area contributed by atoms with Crippen molar-refractivity contribution in [1.82, 2.24) is 4.98 Å². The van der Waals surface area contributed by atoms with E-state index in [2.05, 4.69) is 9.72 Å². The molecule has 0 atom stereocenters. The molecule has 102 valence electrons. The molecular formula is C8H7F6N3O. The number of alkyl halides is 6. The third kappa shape index (κ3) is 3.39. The van der Waals surface area contributed by atoms with Gasteiger partial charge in [-0.25, -0.2) is 0 Å². The van der Waals surface area contributed by atoms with Gasteiger partial charge in [0.15, 0.2) is 0 Å². The van der Waals surface area contributed by atoms with Crippen molar-refractivity contribution in [2.75, 3.05) is 5.73 Å². The second-order valence-electron chi connectivity index (χ2n) is 3.13. The van der Waals surface area contributed by atoms with Gasteiger partial charge < -0.3 is 16.2 Å². The van der Waals surface area contributed by atoms with Gasteiger partial charge in [0.25, 0.3) is 0 Å². The first kappa shape index (κ1) is 14.4. The van der Waals surface area contributed by atoms with Crippen molar-refractivity contribution in [2.24, 2.45) is 5.73 Å². The number of nitrogen functional groups attached to an aromatic ring is 1. The van der Waals surface area contributed by atoms with Crippen molar-refractivity contribution in [3.63, 3.8) is 0 Å². The number of nitrogens with zero attached hydrogens (tertiary/aromatic N) is 1. The maximum atomic E-state index is 12.5. The molecule has 4 N–H and O–H groups in total. The zero-order valence-corrected chi connectivity index (χ0v) is 8.56. The van der Waals surface area contributed by atoms with Crippen molar-refractivity contribution in [1.29, 1.82) is 0 Å². The van der Waals surface area contributed by atoms with Crippen molar-refractivity contribution >= 4 is 5.82 Å². The highest BCUT2D eigenvalue weighted by atomic mass is 19.4. The largest absolute Gasteiger partial charge is 0.574 e. The predicted molar refractivity (Wildman–Crippen MR) is 48.2 cm³/mol. The summed E-state index contributed by atoms with van der Waals surface area (Å²) in [7, 11) is 0. The first-order chi connectivity index (χ1) is 8.04. The number of hydrogen-bond acceptors (Lipinski definition) is 4. The van der Waals surface area contributed by atoms with Gasteiger partial charge in [-0.15, -0.1) is 13.2 Å². The number of ether oxygens (including phenoxy) is 1. The summed E-state index contributed by atoms with van der Waals surface area (Å²) < 4.78 is 76.6. The molecule has 0 bridgehead atoms. The van der Waals surface area contributed by atoms with Gasteiger partial charge in [0.05, 0.1) is 0 Å². The summed E-state index contributed by atoms with van der Waals surface area (Å²) in [4.78, 5) is 2.89. The lowest BCUT2D eigenvalue weighted by Crippen LogP contribution is -2.21. The van der Waals surface area contributed by atoms with Crippen LogP contribution in [-0.2, 0) is 12.7 Å². The molecule has 0 fully saturated rings. The monoisotopic (exact) mass is 275 g/mol. The van der Waals surface area contributed by atoms with Crippen LogP contribution in [0.5, 0.6) is 5.88 Å². The van der Waals surface area contributed by atoms with E-state index in [0.717, 1.165) is 0 Å². The Labute approximate surface area is 96.5 Å². The number of rotatable bonds is 2. The molecule has 0 saturated heterocycles. The standard InChI is InChI=1S/C8H7F6N3O/c9-7(10,11)5-3(2-15)1-4(17-6(5)16)18-8(12,13)14/h1H,2,15H2,(H2,16,17). The Morgan fingerprint density at radius 1 is 1.17 bits per heavy atom. The Hall–Kier alpha value is -1.71. The highest BCUT2D eigenvalue weighted by molar-refractivity contribution is 5.49. The molecular weight excluding hydrogens is 268 g/mol. The first-order valence-corrected chi connectivity index (χ1v) is 4.37. The summed E-state index contributed by atoms with van der Waals surface area (Å²) in [6, 6.07) is 0.451. The van der Waals surface area contributed by atoms with Crippen LogP contribution in [0.2, 0.25) is 0 Å². The number of pyridine rings is 1. The highest BCUT2D eigenvalue weighted by Crippen LogP contribution is 2.37. The third-order valence-corrected chi connectivity index (χ3v) is 1.83. The van der Waals surface area contributed by atoms with E-state index in [9.17, 15) is 26.3 Å². The summed E-state index contributed by atoms with van der Waals surface area (Å²) in [5.41, 5.74) is 8.01. The first-order valence-electron chi connectivity index (χ1n) is 4.37. The van der Waals surface area contributed by atoms with Crippen LogP contribution >= 0.6 is 0 Å². The lowest BCUT2D eigenvalue weighted by molar-refractivity contribution is -0.276. The van der Waals surface area contributed by atoms with Gasteiger partial charge in [-0.2, -0.15) is 18.2 Å². The smallest absolute Gasteiger partial charge is 0.388 e. The molecule has 0 aliphatic carbocycles. The topological polar surface area (TPSA) is 74.2 Å². The lowest BCUT2D eigenvalue weighted by atomic mass is 10.1. The zero-order chi connectivity index (χ0) is 14.1. The van der Waals surface area contributed by atoms with Crippen molar-refractivity contribution < 1.29 is 31.1 Å². The zero-order valence-electron chi connectivity index (χ0n) is 8.56. The maximum absolute atomic E-state index is 12.5. The van der Waals surface area contributed by atoms with E-state index in [1.165, 1.54) is 0 Å². The van der Waals surface area contributed by atoms with Gasteiger partial charge in [0.1, 0.15) is 11.4 Å². The van der Waals surface area contributed by atoms with Crippen LogP contribution in [0.3, 0.4) is 0 Å². The molecule has 18 heavy (non-hydrogen) atoms. The predicted octanol–water partition coefficient (Wildman–Crippen LogP) is 2.04. The highest BCUT2D eigenvalue weighted by Gasteiger charge is 2.38. The van der Waals surface area contributed by atoms with Crippen LogP contribution in [0, 0.1) is 0 Å². The van der Waals surface area contributed by atoms with Gasteiger partial charge in [0, 0.05) is 12.6 Å². The SMILES string of the molecule is NCc1cc(OC(F)(F)F)nc(N)c1C(F)(F)F.